The van der Waals surface area contributed by atoms with E-state index in [4.69, 9.17) is 21.1 Å². The van der Waals surface area contributed by atoms with Gasteiger partial charge in [-0.15, -0.1) is 16.8 Å². The Morgan fingerprint density at radius 2 is 2.06 bits per heavy atom. The zero-order chi connectivity index (χ0) is 22.9. The number of anilines is 1. The Morgan fingerprint density at radius 1 is 1.25 bits per heavy atom. The van der Waals surface area contributed by atoms with Crippen molar-refractivity contribution >= 4 is 35.0 Å². The molecule has 2 aromatic carbocycles. The van der Waals surface area contributed by atoms with E-state index in [9.17, 15) is 9.18 Å². The molecule has 7 nitrogen and oxygen atoms in total. The third-order valence-electron chi connectivity index (χ3n) is 4.15. The number of aromatic nitrogens is 3. The standard InChI is InChI=1S/C22H22ClFN4O3S/c1-3-11-28-20(13-31-18-10-9-15(24)12-16(18)23)26-27-22(28)32-14-21(29)25-17-7-5-6-8-19(17)30-4-2/h3,5-10,12H,1,4,11,13-14H2,2H3,(H,25,29). The summed E-state index contributed by atoms with van der Waals surface area (Å²) in [6, 6.07) is 11.1. The molecule has 1 heterocycles. The zero-order valence-corrected chi connectivity index (χ0v) is 19.0. The van der Waals surface area contributed by atoms with E-state index in [1.165, 1.54) is 30.0 Å². The maximum absolute atomic E-state index is 13.2. The summed E-state index contributed by atoms with van der Waals surface area (Å²) in [4.78, 5) is 12.5. The molecule has 32 heavy (non-hydrogen) atoms. The molecule has 0 spiro atoms. The van der Waals surface area contributed by atoms with Crippen LogP contribution in [-0.2, 0) is 17.9 Å². The highest BCUT2D eigenvalue weighted by atomic mass is 35.5. The Balaban J connectivity index is 1.63. The summed E-state index contributed by atoms with van der Waals surface area (Å²) in [5.41, 5.74) is 0.609. The number of nitrogens with zero attached hydrogens (tertiary/aromatic N) is 3. The second-order valence-electron chi connectivity index (χ2n) is 6.43. The average molecular weight is 477 g/mol. The zero-order valence-electron chi connectivity index (χ0n) is 17.4. The SMILES string of the molecule is C=CCn1c(COc2ccc(F)cc2Cl)nnc1SCC(=O)Nc1ccccc1OCC. The second-order valence-corrected chi connectivity index (χ2v) is 7.78. The van der Waals surface area contributed by atoms with Gasteiger partial charge in [-0.25, -0.2) is 4.39 Å². The number of halogens is 2. The van der Waals surface area contributed by atoms with Crippen molar-refractivity contribution in [3.8, 4) is 11.5 Å². The summed E-state index contributed by atoms with van der Waals surface area (Å²) in [5.74, 6) is 0.948. The van der Waals surface area contributed by atoms with Gasteiger partial charge in [-0.1, -0.05) is 41.6 Å². The van der Waals surface area contributed by atoms with Crippen LogP contribution in [0.1, 0.15) is 12.7 Å². The Morgan fingerprint density at radius 3 is 2.81 bits per heavy atom. The summed E-state index contributed by atoms with van der Waals surface area (Å²) in [7, 11) is 0. The van der Waals surface area contributed by atoms with Crippen molar-refractivity contribution in [2.24, 2.45) is 0 Å². The highest BCUT2D eigenvalue weighted by Crippen LogP contribution is 2.27. The number of thioether (sulfide) groups is 1. The van der Waals surface area contributed by atoms with Gasteiger partial charge < -0.3 is 14.8 Å². The lowest BCUT2D eigenvalue weighted by Gasteiger charge is -2.12. The molecule has 0 fully saturated rings. The van der Waals surface area contributed by atoms with E-state index in [1.807, 2.05) is 19.1 Å². The molecular weight excluding hydrogens is 455 g/mol. The van der Waals surface area contributed by atoms with Gasteiger partial charge in [0.1, 0.15) is 23.9 Å². The van der Waals surface area contributed by atoms with Gasteiger partial charge in [-0.2, -0.15) is 0 Å². The fourth-order valence-electron chi connectivity index (χ4n) is 2.75. The predicted octanol–water partition coefficient (Wildman–Crippen LogP) is 4.97. The maximum Gasteiger partial charge on any atom is 0.234 e. The lowest BCUT2D eigenvalue weighted by molar-refractivity contribution is -0.113. The van der Waals surface area contributed by atoms with Gasteiger partial charge in [0.2, 0.25) is 5.91 Å². The van der Waals surface area contributed by atoms with E-state index in [0.717, 1.165) is 0 Å². The molecule has 0 unspecified atom stereocenters. The second kappa shape index (κ2) is 11.5. The van der Waals surface area contributed by atoms with Crippen LogP contribution in [0.2, 0.25) is 5.02 Å². The van der Waals surface area contributed by atoms with Crippen molar-refractivity contribution in [1.29, 1.82) is 0 Å². The maximum atomic E-state index is 13.2. The lowest BCUT2D eigenvalue weighted by atomic mass is 10.3. The van der Waals surface area contributed by atoms with Gasteiger partial charge in [-0.3, -0.25) is 9.36 Å². The minimum atomic E-state index is -0.446. The first kappa shape index (κ1) is 23.6. The molecule has 0 saturated heterocycles. The van der Waals surface area contributed by atoms with Crippen LogP contribution < -0.4 is 14.8 Å². The summed E-state index contributed by atoms with van der Waals surface area (Å²) < 4.78 is 26.2. The number of para-hydroxylation sites is 2. The molecule has 1 N–H and O–H groups in total. The number of benzene rings is 2. The Hall–Kier alpha value is -3.04. The molecule has 0 radical (unpaired) electrons. The van der Waals surface area contributed by atoms with Crippen LogP contribution in [-0.4, -0.2) is 33.0 Å². The molecule has 0 bridgehead atoms. The summed E-state index contributed by atoms with van der Waals surface area (Å²) >= 11 is 7.24. The molecule has 1 aromatic heterocycles. The van der Waals surface area contributed by atoms with Crippen LogP contribution in [0, 0.1) is 5.82 Å². The van der Waals surface area contributed by atoms with E-state index in [1.54, 1.807) is 22.8 Å². The van der Waals surface area contributed by atoms with E-state index < -0.39 is 5.82 Å². The topological polar surface area (TPSA) is 78.3 Å². The fourth-order valence-corrected chi connectivity index (χ4v) is 3.74. The molecule has 0 saturated carbocycles. The third-order valence-corrected chi connectivity index (χ3v) is 5.41. The van der Waals surface area contributed by atoms with Crippen LogP contribution in [0.4, 0.5) is 10.1 Å². The molecule has 3 aromatic rings. The minimum Gasteiger partial charge on any atom is -0.492 e. The predicted molar refractivity (Wildman–Crippen MR) is 123 cm³/mol. The summed E-state index contributed by atoms with van der Waals surface area (Å²) in [6.45, 7) is 6.64. The van der Waals surface area contributed by atoms with Gasteiger partial charge in [-0.05, 0) is 37.3 Å². The molecule has 168 valence electrons. The Bertz CT molecular complexity index is 1090. The van der Waals surface area contributed by atoms with Crippen LogP contribution in [0.15, 0.2) is 60.3 Å². The van der Waals surface area contributed by atoms with Crippen LogP contribution in [0.25, 0.3) is 0 Å². The van der Waals surface area contributed by atoms with Gasteiger partial charge >= 0.3 is 0 Å². The highest BCUT2D eigenvalue weighted by Gasteiger charge is 2.15. The number of nitrogens with one attached hydrogen (secondary N) is 1. The number of carbonyl (C=O) groups is 1. The number of rotatable bonds is 11. The van der Waals surface area contributed by atoms with Gasteiger partial charge in [0.05, 0.1) is 23.1 Å². The molecule has 3 rings (SSSR count). The molecule has 1 amide bonds. The van der Waals surface area contributed by atoms with Crippen molar-refractivity contribution in [1.82, 2.24) is 14.8 Å². The smallest absolute Gasteiger partial charge is 0.234 e. The summed E-state index contributed by atoms with van der Waals surface area (Å²) in [6.07, 6.45) is 1.69. The molecule has 0 aliphatic heterocycles. The van der Waals surface area contributed by atoms with Crippen molar-refractivity contribution in [3.63, 3.8) is 0 Å². The van der Waals surface area contributed by atoms with Gasteiger partial charge in [0.15, 0.2) is 11.0 Å². The molecule has 0 aliphatic carbocycles. The quantitative estimate of drug-likeness (QED) is 0.311. The fraction of sp³-hybridized carbons (Fsp3) is 0.227. The lowest BCUT2D eigenvalue weighted by Crippen LogP contribution is -2.15. The molecule has 0 aliphatic rings. The van der Waals surface area contributed by atoms with E-state index in [0.29, 0.717) is 41.3 Å². The Kier molecular flexibility index (Phi) is 8.52. The number of hydrogen-bond acceptors (Lipinski definition) is 6. The largest absolute Gasteiger partial charge is 0.492 e. The average Bonchev–Trinajstić information content (AvgIpc) is 3.15. The number of hydrogen-bond donors (Lipinski definition) is 1. The van der Waals surface area contributed by atoms with E-state index >= 15 is 0 Å². The number of amides is 1. The molecular formula is C22H22ClFN4O3S. The Labute approximate surface area is 194 Å². The summed E-state index contributed by atoms with van der Waals surface area (Å²) in [5, 5.41) is 11.9. The van der Waals surface area contributed by atoms with Gasteiger partial charge in [0, 0.05) is 6.54 Å². The number of allylic oxidation sites excluding steroid dienone is 1. The van der Waals surface area contributed by atoms with E-state index in [2.05, 4.69) is 22.1 Å². The van der Waals surface area contributed by atoms with Crippen LogP contribution >= 0.6 is 23.4 Å². The molecule has 10 heteroatoms. The monoisotopic (exact) mass is 476 g/mol. The number of ether oxygens (including phenoxy) is 2. The molecule has 0 atom stereocenters. The third kappa shape index (κ3) is 6.24. The van der Waals surface area contributed by atoms with Crippen molar-refractivity contribution < 1.29 is 18.7 Å². The highest BCUT2D eigenvalue weighted by molar-refractivity contribution is 7.99. The van der Waals surface area contributed by atoms with Crippen molar-refractivity contribution in [2.45, 2.75) is 25.2 Å². The minimum absolute atomic E-state index is 0.0701. The van der Waals surface area contributed by atoms with Crippen molar-refractivity contribution in [2.75, 3.05) is 17.7 Å². The van der Waals surface area contributed by atoms with E-state index in [-0.39, 0.29) is 23.3 Å². The first-order valence-corrected chi connectivity index (χ1v) is 11.1. The van der Waals surface area contributed by atoms with Crippen LogP contribution in [0.5, 0.6) is 11.5 Å². The van der Waals surface area contributed by atoms with Gasteiger partial charge in [0.25, 0.3) is 0 Å². The first-order chi connectivity index (χ1) is 15.5. The normalized spacial score (nSPS) is 10.6. The first-order valence-electron chi connectivity index (χ1n) is 9.77. The van der Waals surface area contributed by atoms with Crippen LogP contribution in [0.3, 0.4) is 0 Å². The van der Waals surface area contributed by atoms with Crippen molar-refractivity contribution in [3.05, 3.63) is 71.8 Å². The number of carbonyl (C=O) groups excluding carboxylic acids is 1.